The molecule has 4 aromatic rings. The Morgan fingerprint density at radius 3 is 2.18 bits per heavy atom. The molecule has 0 aliphatic carbocycles. The smallest absolute Gasteiger partial charge is 0.182 e. The molecule has 1 aliphatic heterocycles. The molecule has 8 heteroatoms. The number of halogens is 1. The molecule has 0 saturated carbocycles. The van der Waals surface area contributed by atoms with E-state index < -0.39 is 6.23 Å². The zero-order valence-electron chi connectivity index (χ0n) is 19.5. The van der Waals surface area contributed by atoms with Crippen molar-refractivity contribution in [2.24, 2.45) is 0 Å². The number of rotatable bonds is 6. The highest BCUT2D eigenvalue weighted by molar-refractivity contribution is 6.38. The number of likely N-dealkylation sites (tertiary alicyclic amines) is 1. The SMILES string of the molecule is CN1CCC(N(C)C(O)Cn2nc(-c3ccccc3)c3c(Cl)c(-c4ccccc4)nnc32)CC1. The normalized spacial score (nSPS) is 16.4. The summed E-state index contributed by atoms with van der Waals surface area (Å²) in [5.74, 6) is 0. The van der Waals surface area contributed by atoms with E-state index in [4.69, 9.17) is 16.7 Å². The third-order valence-corrected chi connectivity index (χ3v) is 7.13. The van der Waals surface area contributed by atoms with Crippen molar-refractivity contribution in [2.45, 2.75) is 31.7 Å². The second-order valence-corrected chi connectivity index (χ2v) is 9.38. The van der Waals surface area contributed by atoms with E-state index in [0.717, 1.165) is 48.1 Å². The topological polar surface area (TPSA) is 70.3 Å². The molecule has 0 amide bonds. The summed E-state index contributed by atoms with van der Waals surface area (Å²) in [7, 11) is 4.12. The highest BCUT2D eigenvalue weighted by atomic mass is 35.5. The van der Waals surface area contributed by atoms with Gasteiger partial charge in [0.15, 0.2) is 5.65 Å². The fraction of sp³-hybridized carbons (Fsp3) is 0.346. The maximum absolute atomic E-state index is 11.1. The van der Waals surface area contributed by atoms with Crippen molar-refractivity contribution < 1.29 is 5.11 Å². The van der Waals surface area contributed by atoms with Gasteiger partial charge < -0.3 is 10.0 Å². The zero-order chi connectivity index (χ0) is 23.7. The van der Waals surface area contributed by atoms with Crippen LogP contribution in [0.5, 0.6) is 0 Å². The van der Waals surface area contributed by atoms with Crippen molar-refractivity contribution in [1.29, 1.82) is 0 Å². The lowest BCUT2D eigenvalue weighted by Crippen LogP contribution is -2.47. The van der Waals surface area contributed by atoms with Crippen LogP contribution in [0.2, 0.25) is 5.02 Å². The summed E-state index contributed by atoms with van der Waals surface area (Å²) in [6.45, 7) is 2.35. The number of likely N-dealkylation sites (N-methyl/N-ethyl adjacent to an activating group) is 1. The van der Waals surface area contributed by atoms with Crippen LogP contribution in [0.4, 0.5) is 0 Å². The van der Waals surface area contributed by atoms with Gasteiger partial charge in [-0.15, -0.1) is 10.2 Å². The average Bonchev–Trinajstić information content (AvgIpc) is 3.24. The van der Waals surface area contributed by atoms with Crippen molar-refractivity contribution in [1.82, 2.24) is 29.8 Å². The van der Waals surface area contributed by atoms with E-state index >= 15 is 0 Å². The first-order valence-electron chi connectivity index (χ1n) is 11.6. The first-order valence-corrected chi connectivity index (χ1v) is 12.0. The van der Waals surface area contributed by atoms with E-state index in [0.29, 0.717) is 22.4 Å². The Morgan fingerprint density at radius 2 is 1.56 bits per heavy atom. The molecule has 1 fully saturated rings. The molecular weight excluding hydrogens is 448 g/mol. The molecule has 0 bridgehead atoms. The number of fused-ring (bicyclic) bond motifs is 1. The van der Waals surface area contributed by atoms with Gasteiger partial charge in [-0.1, -0.05) is 72.3 Å². The Balaban J connectivity index is 1.54. The Labute approximate surface area is 204 Å². The highest BCUT2D eigenvalue weighted by Crippen LogP contribution is 2.37. The summed E-state index contributed by atoms with van der Waals surface area (Å²) < 4.78 is 1.74. The van der Waals surface area contributed by atoms with E-state index in [1.807, 2.05) is 67.7 Å². The predicted molar refractivity (Wildman–Crippen MR) is 135 cm³/mol. The fourth-order valence-corrected chi connectivity index (χ4v) is 4.97. The molecular formula is C26H29ClN6O. The lowest BCUT2D eigenvalue weighted by atomic mass is 10.0. The number of nitrogens with zero attached hydrogens (tertiary/aromatic N) is 6. The number of aliphatic hydroxyl groups excluding tert-OH is 1. The summed E-state index contributed by atoms with van der Waals surface area (Å²) in [6, 6.07) is 20.1. The number of benzene rings is 2. The van der Waals surface area contributed by atoms with E-state index in [9.17, 15) is 5.11 Å². The Hall–Kier alpha value is -2.84. The molecule has 2 aromatic carbocycles. The molecule has 176 valence electrons. The van der Waals surface area contributed by atoms with Crippen LogP contribution in [-0.2, 0) is 6.54 Å². The molecule has 0 radical (unpaired) electrons. The predicted octanol–water partition coefficient (Wildman–Crippen LogP) is 4.16. The molecule has 2 aromatic heterocycles. The van der Waals surface area contributed by atoms with Crippen LogP contribution >= 0.6 is 11.6 Å². The van der Waals surface area contributed by atoms with Gasteiger partial charge >= 0.3 is 0 Å². The summed E-state index contributed by atoms with van der Waals surface area (Å²) in [5, 5.41) is 26.2. The molecule has 1 saturated heterocycles. The molecule has 7 nitrogen and oxygen atoms in total. The van der Waals surface area contributed by atoms with Crippen LogP contribution in [0.25, 0.3) is 33.5 Å². The summed E-state index contributed by atoms with van der Waals surface area (Å²) in [6.07, 6.45) is 1.37. The highest BCUT2D eigenvalue weighted by Gasteiger charge is 2.27. The second-order valence-electron chi connectivity index (χ2n) is 9.00. The molecule has 1 unspecified atom stereocenters. The lowest BCUT2D eigenvalue weighted by molar-refractivity contribution is -0.0327. The van der Waals surface area contributed by atoms with Gasteiger partial charge in [-0.3, -0.25) is 4.90 Å². The maximum Gasteiger partial charge on any atom is 0.182 e. The van der Waals surface area contributed by atoms with Gasteiger partial charge in [-0.2, -0.15) is 5.10 Å². The van der Waals surface area contributed by atoms with Crippen molar-refractivity contribution in [2.75, 3.05) is 27.2 Å². The van der Waals surface area contributed by atoms with Crippen molar-refractivity contribution in [3.63, 3.8) is 0 Å². The third kappa shape index (κ3) is 4.44. The minimum absolute atomic E-state index is 0.280. The zero-order valence-corrected chi connectivity index (χ0v) is 20.2. The minimum Gasteiger partial charge on any atom is -0.376 e. The first kappa shape index (κ1) is 22.9. The Bertz CT molecular complexity index is 1250. The maximum atomic E-state index is 11.1. The van der Waals surface area contributed by atoms with Gasteiger partial charge in [0.1, 0.15) is 17.6 Å². The van der Waals surface area contributed by atoms with Crippen LogP contribution in [0.15, 0.2) is 60.7 Å². The van der Waals surface area contributed by atoms with E-state index in [1.54, 1.807) is 4.68 Å². The third-order valence-electron chi connectivity index (χ3n) is 6.76. The van der Waals surface area contributed by atoms with E-state index in [-0.39, 0.29) is 6.54 Å². The standard InChI is InChI=1S/C26H29ClN6O/c1-31-15-13-20(14-16-31)32(2)21(34)17-33-26-22(24(30-33)18-9-5-3-6-10-18)23(27)25(28-29-26)19-11-7-4-8-12-19/h3-12,20-21,34H,13-17H2,1-2H3. The lowest BCUT2D eigenvalue weighted by Gasteiger charge is -2.37. The fourth-order valence-electron chi connectivity index (χ4n) is 4.65. The molecule has 3 heterocycles. The van der Waals surface area contributed by atoms with Gasteiger partial charge in [0.2, 0.25) is 0 Å². The minimum atomic E-state index is -0.700. The van der Waals surface area contributed by atoms with Gasteiger partial charge in [0.25, 0.3) is 0 Å². The van der Waals surface area contributed by atoms with Crippen LogP contribution in [-0.4, -0.2) is 74.3 Å². The average molecular weight is 477 g/mol. The van der Waals surface area contributed by atoms with E-state index in [2.05, 4.69) is 27.0 Å². The van der Waals surface area contributed by atoms with Gasteiger partial charge in [-0.05, 0) is 40.0 Å². The Kier molecular flexibility index (Phi) is 6.61. The first-order chi connectivity index (χ1) is 16.5. The van der Waals surface area contributed by atoms with Crippen LogP contribution < -0.4 is 0 Å². The summed E-state index contributed by atoms with van der Waals surface area (Å²) >= 11 is 6.95. The van der Waals surface area contributed by atoms with Crippen molar-refractivity contribution in [3.8, 4) is 22.5 Å². The van der Waals surface area contributed by atoms with Crippen LogP contribution in [0.1, 0.15) is 12.8 Å². The number of piperidine rings is 1. The van der Waals surface area contributed by atoms with Crippen LogP contribution in [0, 0.1) is 0 Å². The molecule has 1 atom stereocenters. The molecule has 34 heavy (non-hydrogen) atoms. The number of hydrogen-bond donors (Lipinski definition) is 1. The number of aliphatic hydroxyl groups is 1. The molecule has 1 aliphatic rings. The largest absolute Gasteiger partial charge is 0.376 e. The summed E-state index contributed by atoms with van der Waals surface area (Å²) in [4.78, 5) is 4.38. The molecule has 0 spiro atoms. The number of hydrogen-bond acceptors (Lipinski definition) is 6. The van der Waals surface area contributed by atoms with Gasteiger partial charge in [0, 0.05) is 17.2 Å². The molecule has 5 rings (SSSR count). The quantitative estimate of drug-likeness (QED) is 0.421. The van der Waals surface area contributed by atoms with Crippen molar-refractivity contribution >= 4 is 22.6 Å². The Morgan fingerprint density at radius 1 is 0.971 bits per heavy atom. The number of aromatic nitrogens is 4. The summed E-state index contributed by atoms with van der Waals surface area (Å²) in [5.41, 5.74) is 3.77. The second kappa shape index (κ2) is 9.80. The monoisotopic (exact) mass is 476 g/mol. The van der Waals surface area contributed by atoms with Gasteiger partial charge in [-0.25, -0.2) is 4.68 Å². The van der Waals surface area contributed by atoms with E-state index in [1.165, 1.54) is 0 Å². The van der Waals surface area contributed by atoms with Crippen LogP contribution in [0.3, 0.4) is 0 Å². The van der Waals surface area contributed by atoms with Crippen molar-refractivity contribution in [3.05, 3.63) is 65.7 Å². The molecule has 1 N–H and O–H groups in total. The van der Waals surface area contributed by atoms with Gasteiger partial charge in [0.05, 0.1) is 17.0 Å².